The third-order valence-corrected chi connectivity index (χ3v) is 8.33. The number of benzene rings is 1. The Bertz CT molecular complexity index is 1170. The van der Waals surface area contributed by atoms with E-state index in [0.717, 1.165) is 21.3 Å². The van der Waals surface area contributed by atoms with Crippen LogP contribution in [-0.4, -0.2) is 24.4 Å². The normalized spacial score (nSPS) is 15.1. The first-order valence-electron chi connectivity index (χ1n) is 10.3. The van der Waals surface area contributed by atoms with E-state index in [9.17, 15) is 8.42 Å². The molecular weight excluding hydrogens is 452 g/mol. The van der Waals surface area contributed by atoms with Crippen LogP contribution in [0, 0.1) is 13.8 Å². The zero-order valence-electron chi connectivity index (χ0n) is 17.5. The standard InChI is InChI=1S/C22H25ClN4O2S2/c1-14-8-9-16(12-19(14)31(28,29)27-18-10-11-20(23)24-13-18)21-15(2)25-22(30-21)26-17-6-4-3-5-7-17/h8-13,17,27H,3-7H2,1-2H3,(H,25,26). The van der Waals surface area contributed by atoms with E-state index >= 15 is 0 Å². The summed E-state index contributed by atoms with van der Waals surface area (Å²) in [5.41, 5.74) is 2.76. The number of halogens is 1. The molecule has 2 heterocycles. The number of nitrogens with zero attached hydrogens (tertiary/aromatic N) is 2. The third kappa shape index (κ3) is 5.19. The molecule has 1 fully saturated rings. The molecule has 0 unspecified atom stereocenters. The van der Waals surface area contributed by atoms with Gasteiger partial charge in [-0.2, -0.15) is 0 Å². The number of hydrogen-bond donors (Lipinski definition) is 2. The van der Waals surface area contributed by atoms with Crippen molar-refractivity contribution in [1.29, 1.82) is 0 Å². The van der Waals surface area contributed by atoms with Gasteiger partial charge in [-0.1, -0.05) is 54.3 Å². The van der Waals surface area contributed by atoms with E-state index in [0.29, 0.717) is 22.4 Å². The highest BCUT2D eigenvalue weighted by Crippen LogP contribution is 2.36. The molecule has 164 valence electrons. The van der Waals surface area contributed by atoms with Gasteiger partial charge < -0.3 is 5.32 Å². The lowest BCUT2D eigenvalue weighted by molar-refractivity contribution is 0.462. The predicted molar refractivity (Wildman–Crippen MR) is 128 cm³/mol. The Balaban J connectivity index is 1.61. The Morgan fingerprint density at radius 3 is 2.58 bits per heavy atom. The van der Waals surface area contributed by atoms with Gasteiger partial charge in [-0.25, -0.2) is 18.4 Å². The molecule has 0 radical (unpaired) electrons. The van der Waals surface area contributed by atoms with Crippen molar-refractivity contribution in [3.05, 3.63) is 52.9 Å². The van der Waals surface area contributed by atoms with Crippen LogP contribution in [0.15, 0.2) is 41.4 Å². The van der Waals surface area contributed by atoms with Crippen LogP contribution in [0.4, 0.5) is 10.8 Å². The van der Waals surface area contributed by atoms with E-state index in [1.807, 2.05) is 19.1 Å². The van der Waals surface area contributed by atoms with Gasteiger partial charge in [0.05, 0.1) is 27.4 Å². The van der Waals surface area contributed by atoms with Gasteiger partial charge in [0.15, 0.2) is 5.13 Å². The second kappa shape index (κ2) is 9.14. The molecule has 2 aromatic heterocycles. The Labute approximate surface area is 192 Å². The fourth-order valence-electron chi connectivity index (χ4n) is 3.82. The predicted octanol–water partition coefficient (Wildman–Crippen LogP) is 6.02. The van der Waals surface area contributed by atoms with E-state index in [1.165, 1.54) is 38.3 Å². The molecule has 1 aliphatic rings. The molecule has 6 nitrogen and oxygen atoms in total. The minimum Gasteiger partial charge on any atom is -0.359 e. The number of anilines is 2. The molecule has 1 saturated carbocycles. The average molecular weight is 477 g/mol. The van der Waals surface area contributed by atoms with Crippen molar-refractivity contribution >= 4 is 43.8 Å². The van der Waals surface area contributed by atoms with Gasteiger partial charge in [0.25, 0.3) is 10.0 Å². The summed E-state index contributed by atoms with van der Waals surface area (Å²) in [5, 5.41) is 4.77. The molecule has 2 N–H and O–H groups in total. The number of pyridine rings is 1. The minimum atomic E-state index is -3.78. The van der Waals surface area contributed by atoms with Gasteiger partial charge in [-0.3, -0.25) is 4.72 Å². The van der Waals surface area contributed by atoms with Crippen LogP contribution >= 0.6 is 22.9 Å². The Hall–Kier alpha value is -2.16. The topological polar surface area (TPSA) is 84.0 Å². The molecule has 4 rings (SSSR count). The fraction of sp³-hybridized carbons (Fsp3) is 0.364. The highest BCUT2D eigenvalue weighted by Gasteiger charge is 2.21. The van der Waals surface area contributed by atoms with E-state index in [2.05, 4.69) is 15.0 Å². The monoisotopic (exact) mass is 476 g/mol. The number of aromatic nitrogens is 2. The first-order valence-corrected chi connectivity index (χ1v) is 13.0. The SMILES string of the molecule is Cc1ccc(-c2sc(NC3CCCCC3)nc2C)cc1S(=O)(=O)Nc1ccc(Cl)nc1. The smallest absolute Gasteiger partial charge is 0.262 e. The second-order valence-electron chi connectivity index (χ2n) is 7.87. The number of thiazole rings is 1. The number of sulfonamides is 1. The summed E-state index contributed by atoms with van der Waals surface area (Å²) in [4.78, 5) is 9.83. The van der Waals surface area contributed by atoms with Gasteiger partial charge in [-0.15, -0.1) is 0 Å². The lowest BCUT2D eigenvalue weighted by Crippen LogP contribution is -2.21. The molecule has 0 amide bonds. The van der Waals surface area contributed by atoms with Gasteiger partial charge in [-0.05, 0) is 56.0 Å². The Kier molecular flexibility index (Phi) is 6.50. The maximum absolute atomic E-state index is 13.0. The summed E-state index contributed by atoms with van der Waals surface area (Å²) in [5.74, 6) is 0. The molecule has 1 aromatic carbocycles. The van der Waals surface area contributed by atoms with Crippen LogP contribution in [0.25, 0.3) is 10.4 Å². The molecule has 0 bridgehead atoms. The van der Waals surface area contributed by atoms with Crippen molar-refractivity contribution < 1.29 is 8.42 Å². The molecule has 31 heavy (non-hydrogen) atoms. The van der Waals surface area contributed by atoms with Crippen molar-refractivity contribution in [2.24, 2.45) is 0 Å². The lowest BCUT2D eigenvalue weighted by Gasteiger charge is -2.22. The Morgan fingerprint density at radius 2 is 1.87 bits per heavy atom. The maximum Gasteiger partial charge on any atom is 0.262 e. The highest BCUT2D eigenvalue weighted by atomic mass is 35.5. The second-order valence-corrected chi connectivity index (χ2v) is 10.9. The molecule has 3 aromatic rings. The van der Waals surface area contributed by atoms with Gasteiger partial charge in [0.1, 0.15) is 5.15 Å². The zero-order valence-corrected chi connectivity index (χ0v) is 19.9. The highest BCUT2D eigenvalue weighted by molar-refractivity contribution is 7.92. The van der Waals surface area contributed by atoms with Gasteiger partial charge >= 0.3 is 0 Å². The first-order chi connectivity index (χ1) is 14.8. The Morgan fingerprint density at radius 1 is 1.10 bits per heavy atom. The van der Waals surface area contributed by atoms with Crippen molar-refractivity contribution in [3.8, 4) is 10.4 Å². The van der Waals surface area contributed by atoms with E-state index in [-0.39, 0.29) is 4.90 Å². The fourth-order valence-corrected chi connectivity index (χ4v) is 6.29. The molecule has 0 spiro atoms. The molecule has 1 aliphatic carbocycles. The number of hydrogen-bond acceptors (Lipinski definition) is 6. The summed E-state index contributed by atoms with van der Waals surface area (Å²) in [6, 6.07) is 9.09. The van der Waals surface area contributed by atoms with Crippen molar-refractivity contribution in [2.75, 3.05) is 10.0 Å². The summed E-state index contributed by atoms with van der Waals surface area (Å²) in [7, 11) is -3.78. The largest absolute Gasteiger partial charge is 0.359 e. The average Bonchev–Trinajstić information content (AvgIpc) is 3.10. The van der Waals surface area contributed by atoms with Crippen LogP contribution in [0.2, 0.25) is 5.15 Å². The van der Waals surface area contributed by atoms with Gasteiger partial charge in [0.2, 0.25) is 0 Å². The van der Waals surface area contributed by atoms with Crippen molar-refractivity contribution in [1.82, 2.24) is 9.97 Å². The minimum absolute atomic E-state index is 0.231. The van der Waals surface area contributed by atoms with E-state index < -0.39 is 10.0 Å². The van der Waals surface area contributed by atoms with Crippen LogP contribution < -0.4 is 10.0 Å². The maximum atomic E-state index is 13.0. The molecular formula is C22H25ClN4O2S2. The molecule has 0 atom stereocenters. The van der Waals surface area contributed by atoms with Crippen LogP contribution in [0.1, 0.15) is 43.4 Å². The van der Waals surface area contributed by atoms with Crippen molar-refractivity contribution in [3.63, 3.8) is 0 Å². The quantitative estimate of drug-likeness (QED) is 0.425. The summed E-state index contributed by atoms with van der Waals surface area (Å²) in [6.45, 7) is 3.75. The van der Waals surface area contributed by atoms with Crippen molar-refractivity contribution in [2.45, 2.75) is 56.9 Å². The van der Waals surface area contributed by atoms with Crippen LogP contribution in [0.5, 0.6) is 0 Å². The lowest BCUT2D eigenvalue weighted by atomic mass is 9.96. The summed E-state index contributed by atoms with van der Waals surface area (Å²) < 4.78 is 28.7. The summed E-state index contributed by atoms with van der Waals surface area (Å²) >= 11 is 7.37. The van der Waals surface area contributed by atoms with E-state index in [4.69, 9.17) is 16.6 Å². The summed E-state index contributed by atoms with van der Waals surface area (Å²) in [6.07, 6.45) is 7.56. The third-order valence-electron chi connectivity index (χ3n) is 5.45. The number of rotatable bonds is 6. The number of nitrogens with one attached hydrogen (secondary N) is 2. The number of aryl methyl sites for hydroxylation is 2. The van der Waals surface area contributed by atoms with Crippen LogP contribution in [-0.2, 0) is 10.0 Å². The van der Waals surface area contributed by atoms with Gasteiger partial charge in [0, 0.05) is 6.04 Å². The molecule has 0 aliphatic heterocycles. The molecule has 0 saturated heterocycles. The van der Waals surface area contributed by atoms with Crippen LogP contribution in [0.3, 0.4) is 0 Å². The van der Waals surface area contributed by atoms with E-state index in [1.54, 1.807) is 36.5 Å². The zero-order chi connectivity index (χ0) is 22.0. The first kappa shape index (κ1) is 22.0. The molecule has 9 heteroatoms.